The van der Waals surface area contributed by atoms with Crippen LogP contribution < -0.4 is 5.73 Å². The van der Waals surface area contributed by atoms with Crippen LogP contribution in [0.1, 0.15) is 15.9 Å². The zero-order valence-corrected chi connectivity index (χ0v) is 11.7. The summed E-state index contributed by atoms with van der Waals surface area (Å²) in [5.41, 5.74) is 7.10. The number of rotatable bonds is 3. The van der Waals surface area contributed by atoms with Crippen LogP contribution in [-0.2, 0) is 6.54 Å². The molecular formula is C13H18ClN3O2. The lowest BCUT2D eigenvalue weighted by Gasteiger charge is -2.32. The zero-order chi connectivity index (χ0) is 14.0. The molecule has 0 spiro atoms. The van der Waals surface area contributed by atoms with Crippen molar-refractivity contribution in [2.75, 3.05) is 39.0 Å². The summed E-state index contributed by atoms with van der Waals surface area (Å²) in [7, 11) is 2.09. The fourth-order valence-electron chi connectivity index (χ4n) is 2.23. The van der Waals surface area contributed by atoms with Crippen molar-refractivity contribution >= 4 is 23.3 Å². The number of likely N-dealkylation sites (N-methyl/N-ethyl adjacent to an activating group) is 1. The summed E-state index contributed by atoms with van der Waals surface area (Å²) in [5.74, 6) is -1.04. The van der Waals surface area contributed by atoms with E-state index in [1.807, 2.05) is 0 Å². The molecule has 1 aliphatic rings. The van der Waals surface area contributed by atoms with Gasteiger partial charge in [-0.05, 0) is 24.7 Å². The second-order valence-electron chi connectivity index (χ2n) is 4.91. The zero-order valence-electron chi connectivity index (χ0n) is 10.9. The van der Waals surface area contributed by atoms with Gasteiger partial charge in [0.25, 0.3) is 0 Å². The number of nitrogens with zero attached hydrogens (tertiary/aromatic N) is 2. The summed E-state index contributed by atoms with van der Waals surface area (Å²) >= 11 is 5.96. The van der Waals surface area contributed by atoms with Crippen LogP contribution in [0.15, 0.2) is 12.1 Å². The Kier molecular flexibility index (Phi) is 4.29. The number of piperazine rings is 1. The number of hydrogen-bond acceptors (Lipinski definition) is 4. The lowest BCUT2D eigenvalue weighted by molar-refractivity contribution is 0.0698. The molecule has 1 saturated heterocycles. The summed E-state index contributed by atoms with van der Waals surface area (Å²) in [6.45, 7) is 4.55. The standard InChI is InChI=1S/C13H18ClN3O2/c1-16-2-4-17(5-3-16)8-9-6-10(14)7-11(12(9)15)13(18)19/h6-7H,2-5,8,15H2,1H3,(H,18,19). The van der Waals surface area contributed by atoms with Gasteiger partial charge in [0.2, 0.25) is 0 Å². The van der Waals surface area contributed by atoms with Crippen molar-refractivity contribution in [3.05, 3.63) is 28.3 Å². The minimum absolute atomic E-state index is 0.0802. The number of nitrogens with two attached hydrogens (primary N) is 1. The summed E-state index contributed by atoms with van der Waals surface area (Å²) in [5, 5.41) is 9.51. The number of aromatic carboxylic acids is 1. The van der Waals surface area contributed by atoms with E-state index in [0.717, 1.165) is 31.7 Å². The molecule has 0 amide bonds. The SMILES string of the molecule is CN1CCN(Cc2cc(Cl)cc(C(=O)O)c2N)CC1. The monoisotopic (exact) mass is 283 g/mol. The van der Waals surface area contributed by atoms with Gasteiger partial charge in [0.15, 0.2) is 0 Å². The van der Waals surface area contributed by atoms with Gasteiger partial charge in [-0.2, -0.15) is 0 Å². The molecule has 0 aliphatic carbocycles. The Balaban J connectivity index is 2.18. The molecule has 3 N–H and O–H groups in total. The molecular weight excluding hydrogens is 266 g/mol. The Morgan fingerprint density at radius 3 is 2.58 bits per heavy atom. The van der Waals surface area contributed by atoms with Gasteiger partial charge in [-0.1, -0.05) is 11.6 Å². The predicted octanol–water partition coefficient (Wildman–Crippen LogP) is 1.37. The average Bonchev–Trinajstić information content (AvgIpc) is 2.35. The molecule has 0 radical (unpaired) electrons. The van der Waals surface area contributed by atoms with E-state index in [4.69, 9.17) is 22.4 Å². The molecule has 1 fully saturated rings. The van der Waals surface area contributed by atoms with Crippen LogP contribution >= 0.6 is 11.6 Å². The number of hydrogen-bond donors (Lipinski definition) is 2. The number of halogens is 1. The number of carboxylic acid groups (broad SMARTS) is 1. The molecule has 0 aromatic heterocycles. The van der Waals surface area contributed by atoms with Crippen molar-refractivity contribution in [3.8, 4) is 0 Å². The first-order valence-electron chi connectivity index (χ1n) is 6.19. The lowest BCUT2D eigenvalue weighted by Crippen LogP contribution is -2.44. The predicted molar refractivity (Wildman–Crippen MR) is 75.6 cm³/mol. The van der Waals surface area contributed by atoms with E-state index in [9.17, 15) is 4.79 Å². The van der Waals surface area contributed by atoms with Crippen LogP contribution in [0, 0.1) is 0 Å². The van der Waals surface area contributed by atoms with Crippen molar-refractivity contribution in [1.29, 1.82) is 0 Å². The molecule has 104 valence electrons. The Morgan fingerprint density at radius 2 is 2.00 bits per heavy atom. The minimum atomic E-state index is -1.04. The summed E-state index contributed by atoms with van der Waals surface area (Å²) in [4.78, 5) is 15.6. The van der Waals surface area contributed by atoms with Crippen LogP contribution in [0.3, 0.4) is 0 Å². The fraction of sp³-hybridized carbons (Fsp3) is 0.462. The molecule has 0 saturated carbocycles. The van der Waals surface area contributed by atoms with Gasteiger partial charge >= 0.3 is 5.97 Å². The quantitative estimate of drug-likeness (QED) is 0.820. The maximum Gasteiger partial charge on any atom is 0.337 e. The molecule has 5 nitrogen and oxygen atoms in total. The van der Waals surface area contributed by atoms with E-state index < -0.39 is 5.97 Å². The first kappa shape index (κ1) is 14.1. The molecule has 0 unspecified atom stereocenters. The van der Waals surface area contributed by atoms with Gasteiger partial charge in [0, 0.05) is 37.7 Å². The third-order valence-electron chi connectivity index (χ3n) is 3.45. The first-order valence-corrected chi connectivity index (χ1v) is 6.57. The van der Waals surface area contributed by atoms with Gasteiger partial charge in [-0.15, -0.1) is 0 Å². The Morgan fingerprint density at radius 1 is 1.37 bits per heavy atom. The number of nitrogen functional groups attached to an aromatic ring is 1. The van der Waals surface area contributed by atoms with Gasteiger partial charge in [0.05, 0.1) is 11.3 Å². The Bertz CT molecular complexity index is 485. The number of benzene rings is 1. The van der Waals surface area contributed by atoms with Crippen molar-refractivity contribution in [2.45, 2.75) is 6.54 Å². The van der Waals surface area contributed by atoms with Crippen molar-refractivity contribution in [3.63, 3.8) is 0 Å². The lowest BCUT2D eigenvalue weighted by atomic mass is 10.1. The highest BCUT2D eigenvalue weighted by atomic mass is 35.5. The molecule has 6 heteroatoms. The van der Waals surface area contributed by atoms with Crippen LogP contribution in [0.5, 0.6) is 0 Å². The van der Waals surface area contributed by atoms with E-state index in [-0.39, 0.29) is 5.56 Å². The molecule has 2 rings (SSSR count). The van der Waals surface area contributed by atoms with Gasteiger partial charge in [-0.25, -0.2) is 4.79 Å². The first-order chi connectivity index (χ1) is 8.97. The summed E-state index contributed by atoms with van der Waals surface area (Å²) < 4.78 is 0. The average molecular weight is 284 g/mol. The Labute approximate surface area is 117 Å². The highest BCUT2D eigenvalue weighted by Gasteiger charge is 2.18. The molecule has 19 heavy (non-hydrogen) atoms. The molecule has 1 aromatic carbocycles. The van der Waals surface area contributed by atoms with E-state index in [1.54, 1.807) is 6.07 Å². The topological polar surface area (TPSA) is 69.8 Å². The fourth-order valence-corrected chi connectivity index (χ4v) is 2.47. The van der Waals surface area contributed by atoms with Crippen LogP contribution in [0.25, 0.3) is 0 Å². The third-order valence-corrected chi connectivity index (χ3v) is 3.67. The second-order valence-corrected chi connectivity index (χ2v) is 5.35. The van der Waals surface area contributed by atoms with E-state index in [0.29, 0.717) is 17.3 Å². The largest absolute Gasteiger partial charge is 0.478 e. The molecule has 0 atom stereocenters. The van der Waals surface area contributed by atoms with Gasteiger partial charge in [-0.3, -0.25) is 4.90 Å². The number of carboxylic acids is 1. The van der Waals surface area contributed by atoms with E-state index in [2.05, 4.69) is 16.8 Å². The van der Waals surface area contributed by atoms with E-state index >= 15 is 0 Å². The normalized spacial score (nSPS) is 17.6. The van der Waals surface area contributed by atoms with Gasteiger partial charge in [0.1, 0.15) is 0 Å². The minimum Gasteiger partial charge on any atom is -0.478 e. The second kappa shape index (κ2) is 5.77. The van der Waals surface area contributed by atoms with Crippen LogP contribution in [0.2, 0.25) is 5.02 Å². The Hall–Kier alpha value is -1.30. The van der Waals surface area contributed by atoms with Crippen molar-refractivity contribution < 1.29 is 9.90 Å². The highest BCUT2D eigenvalue weighted by Crippen LogP contribution is 2.25. The number of carbonyl (C=O) groups is 1. The van der Waals surface area contributed by atoms with Crippen LogP contribution in [0.4, 0.5) is 5.69 Å². The molecule has 0 bridgehead atoms. The number of anilines is 1. The molecule has 1 heterocycles. The summed E-state index contributed by atoms with van der Waals surface area (Å²) in [6.07, 6.45) is 0. The van der Waals surface area contributed by atoms with Crippen LogP contribution in [-0.4, -0.2) is 54.1 Å². The van der Waals surface area contributed by atoms with Crippen molar-refractivity contribution in [1.82, 2.24) is 9.80 Å². The third kappa shape index (κ3) is 3.37. The molecule has 1 aromatic rings. The van der Waals surface area contributed by atoms with Gasteiger partial charge < -0.3 is 15.7 Å². The smallest absolute Gasteiger partial charge is 0.337 e. The highest BCUT2D eigenvalue weighted by molar-refractivity contribution is 6.31. The maximum atomic E-state index is 11.1. The molecule has 1 aliphatic heterocycles. The summed E-state index contributed by atoms with van der Waals surface area (Å²) in [6, 6.07) is 3.15. The maximum absolute atomic E-state index is 11.1. The van der Waals surface area contributed by atoms with Crippen molar-refractivity contribution in [2.24, 2.45) is 0 Å². The van der Waals surface area contributed by atoms with E-state index in [1.165, 1.54) is 6.07 Å².